The van der Waals surface area contributed by atoms with Gasteiger partial charge in [0.2, 0.25) is 0 Å². The molecular formula is C17H16BrNO. The number of hydrogen-bond acceptors (Lipinski definition) is 1. The number of carbonyl (C=O) groups is 1. The van der Waals surface area contributed by atoms with Crippen LogP contribution in [0.2, 0.25) is 0 Å². The van der Waals surface area contributed by atoms with Crippen LogP contribution in [0.25, 0.3) is 10.8 Å². The summed E-state index contributed by atoms with van der Waals surface area (Å²) in [5.41, 5.74) is 0.691. The van der Waals surface area contributed by atoms with E-state index in [2.05, 4.69) is 27.2 Å². The first-order chi connectivity index (χ1) is 9.70. The minimum atomic E-state index is -0.0319. The van der Waals surface area contributed by atoms with Gasteiger partial charge in [-0.15, -0.1) is 12.3 Å². The Morgan fingerprint density at radius 2 is 1.90 bits per heavy atom. The molecule has 102 valence electrons. The smallest absolute Gasteiger partial charge is 0.251 e. The number of fused-ring (bicyclic) bond motifs is 1. The molecule has 0 atom stereocenters. The summed E-state index contributed by atoms with van der Waals surface area (Å²) in [6.07, 6.45) is 7.81. The predicted octanol–water partition coefficient (Wildman–Crippen LogP) is 4.14. The van der Waals surface area contributed by atoms with E-state index in [1.165, 1.54) is 0 Å². The molecule has 2 nitrogen and oxygen atoms in total. The van der Waals surface area contributed by atoms with Crippen LogP contribution in [0.1, 0.15) is 29.6 Å². The topological polar surface area (TPSA) is 29.1 Å². The molecule has 0 spiro atoms. The minimum absolute atomic E-state index is 0.0319. The minimum Gasteiger partial charge on any atom is -0.352 e. The Morgan fingerprint density at radius 3 is 2.70 bits per heavy atom. The molecule has 1 N–H and O–H groups in total. The highest BCUT2D eigenvalue weighted by Gasteiger charge is 2.05. The van der Waals surface area contributed by atoms with Crippen molar-refractivity contribution < 1.29 is 4.79 Å². The molecule has 0 heterocycles. The number of hydrogen-bond donors (Lipinski definition) is 1. The molecule has 1 amide bonds. The van der Waals surface area contributed by atoms with E-state index < -0.39 is 0 Å². The fraction of sp³-hybridized carbons (Fsp3) is 0.235. The van der Waals surface area contributed by atoms with Gasteiger partial charge < -0.3 is 5.32 Å². The van der Waals surface area contributed by atoms with E-state index in [0.29, 0.717) is 12.1 Å². The van der Waals surface area contributed by atoms with Gasteiger partial charge in [-0.3, -0.25) is 4.79 Å². The zero-order valence-electron chi connectivity index (χ0n) is 11.2. The Balaban J connectivity index is 2.00. The Bertz CT molecular complexity index is 658. The SMILES string of the molecule is C#CCCCCNC(=O)c1ccc2cc(Br)ccc2c1. The Labute approximate surface area is 127 Å². The summed E-state index contributed by atoms with van der Waals surface area (Å²) >= 11 is 3.44. The lowest BCUT2D eigenvalue weighted by Crippen LogP contribution is -2.24. The van der Waals surface area contributed by atoms with Gasteiger partial charge in [-0.2, -0.15) is 0 Å². The molecule has 0 fully saturated rings. The second-order valence-corrected chi connectivity index (χ2v) is 5.54. The van der Waals surface area contributed by atoms with Crippen LogP contribution in [0.4, 0.5) is 0 Å². The molecule has 0 unspecified atom stereocenters. The standard InChI is InChI=1S/C17H16BrNO/c1-2-3-4-5-10-19-17(20)15-7-6-14-12-16(18)9-8-13(14)11-15/h1,6-9,11-12H,3-5,10H2,(H,19,20). The van der Waals surface area contributed by atoms with E-state index in [0.717, 1.165) is 34.5 Å². The molecule has 2 aromatic carbocycles. The van der Waals surface area contributed by atoms with Crippen LogP contribution < -0.4 is 5.32 Å². The highest BCUT2D eigenvalue weighted by atomic mass is 79.9. The first-order valence-corrected chi connectivity index (χ1v) is 7.41. The molecule has 0 bridgehead atoms. The van der Waals surface area contributed by atoms with Gasteiger partial charge in [0.1, 0.15) is 0 Å². The largest absolute Gasteiger partial charge is 0.352 e. The number of nitrogens with one attached hydrogen (secondary N) is 1. The highest BCUT2D eigenvalue weighted by molar-refractivity contribution is 9.10. The van der Waals surface area contributed by atoms with E-state index in [4.69, 9.17) is 6.42 Å². The summed E-state index contributed by atoms with van der Waals surface area (Å²) in [7, 11) is 0. The third-order valence-electron chi connectivity index (χ3n) is 3.10. The lowest BCUT2D eigenvalue weighted by Gasteiger charge is -2.06. The fourth-order valence-electron chi connectivity index (χ4n) is 2.01. The van der Waals surface area contributed by atoms with E-state index in [-0.39, 0.29) is 5.91 Å². The van der Waals surface area contributed by atoms with Crippen molar-refractivity contribution >= 4 is 32.6 Å². The van der Waals surface area contributed by atoms with E-state index in [1.807, 2.05) is 36.4 Å². The summed E-state index contributed by atoms with van der Waals surface area (Å²) in [5, 5.41) is 5.10. The molecule has 0 aliphatic rings. The molecule has 2 rings (SSSR count). The zero-order chi connectivity index (χ0) is 14.4. The van der Waals surface area contributed by atoms with Crippen LogP contribution in [0.5, 0.6) is 0 Å². The third-order valence-corrected chi connectivity index (χ3v) is 3.59. The average Bonchev–Trinajstić information content (AvgIpc) is 2.46. The summed E-state index contributed by atoms with van der Waals surface area (Å²) in [6.45, 7) is 0.666. The second-order valence-electron chi connectivity index (χ2n) is 4.62. The summed E-state index contributed by atoms with van der Waals surface area (Å²) in [6, 6.07) is 11.8. The molecule has 0 saturated carbocycles. The first-order valence-electron chi connectivity index (χ1n) is 6.61. The molecule has 0 saturated heterocycles. The monoisotopic (exact) mass is 329 g/mol. The maximum absolute atomic E-state index is 12.0. The fourth-order valence-corrected chi connectivity index (χ4v) is 2.39. The van der Waals surface area contributed by atoms with E-state index >= 15 is 0 Å². The van der Waals surface area contributed by atoms with Crippen molar-refractivity contribution in [3.8, 4) is 12.3 Å². The highest BCUT2D eigenvalue weighted by Crippen LogP contribution is 2.20. The lowest BCUT2D eigenvalue weighted by atomic mass is 10.1. The molecule has 2 aromatic rings. The van der Waals surface area contributed by atoms with Crippen molar-refractivity contribution in [1.29, 1.82) is 0 Å². The molecule has 3 heteroatoms. The van der Waals surface area contributed by atoms with Crippen molar-refractivity contribution in [2.24, 2.45) is 0 Å². The van der Waals surface area contributed by atoms with Gasteiger partial charge in [0.25, 0.3) is 5.91 Å². The van der Waals surface area contributed by atoms with Crippen LogP contribution in [0.3, 0.4) is 0 Å². The maximum atomic E-state index is 12.0. The van der Waals surface area contributed by atoms with Crippen LogP contribution in [0.15, 0.2) is 40.9 Å². The summed E-state index contributed by atoms with van der Waals surface area (Å²) in [4.78, 5) is 12.0. The molecule has 0 radical (unpaired) electrons. The first kappa shape index (κ1) is 14.6. The van der Waals surface area contributed by atoms with Crippen molar-refractivity contribution in [2.45, 2.75) is 19.3 Å². The Kier molecular flexibility index (Phi) is 5.20. The van der Waals surface area contributed by atoms with Crippen LogP contribution >= 0.6 is 15.9 Å². The van der Waals surface area contributed by atoms with Crippen molar-refractivity contribution in [3.63, 3.8) is 0 Å². The van der Waals surface area contributed by atoms with Gasteiger partial charge in [0.15, 0.2) is 0 Å². The summed E-state index contributed by atoms with van der Waals surface area (Å²) in [5.74, 6) is 2.56. The van der Waals surface area contributed by atoms with Crippen molar-refractivity contribution in [2.75, 3.05) is 6.54 Å². The van der Waals surface area contributed by atoms with Gasteiger partial charge in [0, 0.05) is 23.0 Å². The number of rotatable bonds is 5. The Morgan fingerprint density at radius 1 is 1.15 bits per heavy atom. The normalized spacial score (nSPS) is 10.2. The van der Waals surface area contributed by atoms with Crippen molar-refractivity contribution in [1.82, 2.24) is 5.32 Å². The van der Waals surface area contributed by atoms with Gasteiger partial charge in [-0.25, -0.2) is 0 Å². The Hall–Kier alpha value is -1.79. The molecule has 0 aliphatic heterocycles. The number of halogens is 1. The number of carbonyl (C=O) groups excluding carboxylic acids is 1. The molecule has 0 aliphatic carbocycles. The van der Waals surface area contributed by atoms with Gasteiger partial charge in [0.05, 0.1) is 0 Å². The molecule has 0 aromatic heterocycles. The average molecular weight is 330 g/mol. The third kappa shape index (κ3) is 3.85. The van der Waals surface area contributed by atoms with Crippen molar-refractivity contribution in [3.05, 3.63) is 46.4 Å². The molecule has 20 heavy (non-hydrogen) atoms. The quantitative estimate of drug-likeness (QED) is 0.648. The maximum Gasteiger partial charge on any atom is 0.251 e. The van der Waals surface area contributed by atoms with Crippen LogP contribution in [-0.4, -0.2) is 12.5 Å². The van der Waals surface area contributed by atoms with E-state index in [9.17, 15) is 4.79 Å². The van der Waals surface area contributed by atoms with Crippen LogP contribution in [0, 0.1) is 12.3 Å². The number of terminal acetylenes is 1. The van der Waals surface area contributed by atoms with Gasteiger partial charge in [-0.05, 0) is 47.9 Å². The van der Waals surface area contributed by atoms with E-state index in [1.54, 1.807) is 0 Å². The van der Waals surface area contributed by atoms with Crippen LogP contribution in [-0.2, 0) is 0 Å². The number of unbranched alkanes of at least 4 members (excludes halogenated alkanes) is 2. The van der Waals surface area contributed by atoms with Gasteiger partial charge in [-0.1, -0.05) is 28.1 Å². The molecular weight excluding hydrogens is 314 g/mol. The summed E-state index contributed by atoms with van der Waals surface area (Å²) < 4.78 is 1.04. The lowest BCUT2D eigenvalue weighted by molar-refractivity contribution is 0.0953. The predicted molar refractivity (Wildman–Crippen MR) is 86.7 cm³/mol. The second kappa shape index (κ2) is 7.12. The van der Waals surface area contributed by atoms with Gasteiger partial charge >= 0.3 is 0 Å². The number of benzene rings is 2. The number of amides is 1. The zero-order valence-corrected chi connectivity index (χ0v) is 12.7.